The van der Waals surface area contributed by atoms with E-state index in [4.69, 9.17) is 0 Å². The molecule has 0 radical (unpaired) electrons. The third kappa shape index (κ3) is 4.90. The number of benzene rings is 1. The summed E-state index contributed by atoms with van der Waals surface area (Å²) in [6, 6.07) is 4.56. The SMILES string of the molecule is O=C(NCCNS(=O)(=O)c1cccc([N+](=O)[O-])c1)C1=CC=CN2CCS(=O)(=O)N=C12. The zero-order valence-electron chi connectivity index (χ0n) is 15.4. The third-order valence-electron chi connectivity index (χ3n) is 4.14. The molecule has 1 amide bonds. The fourth-order valence-corrected chi connectivity index (χ4v) is 4.75. The molecule has 1 aromatic rings. The summed E-state index contributed by atoms with van der Waals surface area (Å²) >= 11 is 0. The molecule has 0 saturated heterocycles. The Morgan fingerprint density at radius 1 is 1.30 bits per heavy atom. The standard InChI is InChI=1S/C16H17N5O7S2/c22-16(14-5-2-8-20-9-10-29(25,26)19-15(14)20)17-6-7-18-30(27,28)13-4-1-3-12(11-13)21(23)24/h1-5,8,11,18H,6-7,9-10H2,(H,17,22). The molecule has 12 nitrogen and oxygen atoms in total. The summed E-state index contributed by atoms with van der Waals surface area (Å²) in [6.45, 7) is -0.117. The van der Waals surface area contributed by atoms with Gasteiger partial charge in [0.25, 0.3) is 21.6 Å². The maximum atomic E-state index is 12.4. The van der Waals surface area contributed by atoms with Crippen molar-refractivity contribution in [2.75, 3.05) is 25.4 Å². The second kappa shape index (κ2) is 8.33. The molecule has 1 aromatic carbocycles. The molecule has 0 aliphatic carbocycles. The normalized spacial score (nSPS) is 17.5. The third-order valence-corrected chi connectivity index (χ3v) is 6.75. The van der Waals surface area contributed by atoms with Gasteiger partial charge in [-0.05, 0) is 18.2 Å². The van der Waals surface area contributed by atoms with Crippen molar-refractivity contribution in [1.29, 1.82) is 0 Å². The predicted molar refractivity (Wildman–Crippen MR) is 106 cm³/mol. The van der Waals surface area contributed by atoms with Gasteiger partial charge in [-0.25, -0.2) is 21.6 Å². The first-order chi connectivity index (χ1) is 14.1. The van der Waals surface area contributed by atoms with Crippen LogP contribution in [0.15, 0.2) is 57.5 Å². The van der Waals surface area contributed by atoms with Crippen molar-refractivity contribution in [3.05, 3.63) is 58.3 Å². The lowest BCUT2D eigenvalue weighted by Crippen LogP contribution is -2.43. The first kappa shape index (κ1) is 21.6. The maximum Gasteiger partial charge on any atom is 0.270 e. The molecule has 2 aliphatic rings. The number of rotatable bonds is 7. The Morgan fingerprint density at radius 3 is 2.80 bits per heavy atom. The van der Waals surface area contributed by atoms with E-state index in [-0.39, 0.29) is 47.4 Å². The lowest BCUT2D eigenvalue weighted by molar-refractivity contribution is -0.385. The van der Waals surface area contributed by atoms with Crippen molar-refractivity contribution in [1.82, 2.24) is 14.9 Å². The van der Waals surface area contributed by atoms with Gasteiger partial charge in [0.2, 0.25) is 10.0 Å². The van der Waals surface area contributed by atoms with Crippen molar-refractivity contribution >= 4 is 37.5 Å². The van der Waals surface area contributed by atoms with Crippen LogP contribution in [-0.2, 0) is 24.8 Å². The molecule has 160 valence electrons. The Morgan fingerprint density at radius 2 is 2.07 bits per heavy atom. The highest BCUT2D eigenvalue weighted by atomic mass is 32.2. The number of nitrogens with one attached hydrogen (secondary N) is 2. The number of non-ortho nitro benzene ring substituents is 1. The van der Waals surface area contributed by atoms with E-state index in [9.17, 15) is 31.7 Å². The highest BCUT2D eigenvalue weighted by Gasteiger charge is 2.29. The van der Waals surface area contributed by atoms with E-state index in [0.717, 1.165) is 6.07 Å². The minimum absolute atomic E-state index is 0.0124. The number of carbonyl (C=O) groups excluding carboxylic acids is 1. The van der Waals surface area contributed by atoms with Crippen LogP contribution >= 0.6 is 0 Å². The van der Waals surface area contributed by atoms with E-state index >= 15 is 0 Å². The van der Waals surface area contributed by atoms with Gasteiger partial charge in [-0.3, -0.25) is 14.9 Å². The van der Waals surface area contributed by atoms with Crippen LogP contribution in [0.2, 0.25) is 0 Å². The summed E-state index contributed by atoms with van der Waals surface area (Å²) in [7, 11) is -7.67. The lowest BCUT2D eigenvalue weighted by atomic mass is 10.1. The van der Waals surface area contributed by atoms with Gasteiger partial charge in [0.15, 0.2) is 5.84 Å². The minimum Gasteiger partial charge on any atom is -0.351 e. The number of allylic oxidation sites excluding steroid dienone is 2. The number of sulfonamides is 2. The number of carbonyl (C=O) groups is 1. The van der Waals surface area contributed by atoms with Crippen molar-refractivity contribution in [2.24, 2.45) is 4.40 Å². The second-order valence-corrected chi connectivity index (χ2v) is 9.75. The monoisotopic (exact) mass is 455 g/mol. The topological polar surface area (TPSA) is 168 Å². The highest BCUT2D eigenvalue weighted by Crippen LogP contribution is 2.18. The Balaban J connectivity index is 1.60. The van der Waals surface area contributed by atoms with E-state index in [1.807, 2.05) is 0 Å². The van der Waals surface area contributed by atoms with E-state index < -0.39 is 30.9 Å². The van der Waals surface area contributed by atoms with Crippen molar-refractivity contribution in [3.63, 3.8) is 0 Å². The van der Waals surface area contributed by atoms with Gasteiger partial charge >= 0.3 is 0 Å². The minimum atomic E-state index is -4.02. The Labute approximate surface area is 172 Å². The van der Waals surface area contributed by atoms with Crippen LogP contribution in [0.5, 0.6) is 0 Å². The summed E-state index contributed by atoms with van der Waals surface area (Å²) in [5.41, 5.74) is -0.321. The highest BCUT2D eigenvalue weighted by molar-refractivity contribution is 7.90. The molecule has 2 aliphatic heterocycles. The molecule has 0 atom stereocenters. The molecular formula is C16H17N5O7S2. The number of amidine groups is 1. The molecule has 3 rings (SSSR count). The Bertz CT molecular complexity index is 1190. The lowest BCUT2D eigenvalue weighted by Gasteiger charge is -2.28. The Kier molecular flexibility index (Phi) is 6.00. The van der Waals surface area contributed by atoms with E-state index in [1.165, 1.54) is 24.3 Å². The molecular weight excluding hydrogens is 438 g/mol. The number of fused-ring (bicyclic) bond motifs is 1. The fourth-order valence-electron chi connectivity index (χ4n) is 2.70. The second-order valence-electron chi connectivity index (χ2n) is 6.22. The number of hydrogen-bond acceptors (Lipinski definition) is 8. The molecule has 14 heteroatoms. The molecule has 30 heavy (non-hydrogen) atoms. The zero-order chi connectivity index (χ0) is 21.9. The maximum absolute atomic E-state index is 12.4. The molecule has 2 heterocycles. The van der Waals surface area contributed by atoms with Gasteiger partial charge in [-0.2, -0.15) is 0 Å². The van der Waals surface area contributed by atoms with Gasteiger partial charge in [0.1, 0.15) is 0 Å². The van der Waals surface area contributed by atoms with Gasteiger partial charge in [0.05, 0.1) is 21.1 Å². The smallest absolute Gasteiger partial charge is 0.270 e. The van der Waals surface area contributed by atoms with E-state index in [0.29, 0.717) is 0 Å². The quantitative estimate of drug-likeness (QED) is 0.315. The first-order valence-electron chi connectivity index (χ1n) is 8.59. The average molecular weight is 455 g/mol. The fraction of sp³-hybridized carbons (Fsp3) is 0.250. The summed E-state index contributed by atoms with van der Waals surface area (Å²) in [4.78, 5) is 23.8. The van der Waals surface area contributed by atoms with Crippen molar-refractivity contribution in [3.8, 4) is 0 Å². The zero-order valence-corrected chi connectivity index (χ0v) is 17.0. The summed E-state index contributed by atoms with van der Waals surface area (Å²) in [5, 5.41) is 13.3. The number of nitro groups is 1. The van der Waals surface area contributed by atoms with Crippen molar-refractivity contribution < 1.29 is 26.6 Å². The van der Waals surface area contributed by atoms with Crippen LogP contribution in [0, 0.1) is 10.1 Å². The number of amides is 1. The van der Waals surface area contributed by atoms with Crippen LogP contribution in [-0.4, -0.2) is 63.8 Å². The molecule has 0 spiro atoms. The molecule has 0 saturated carbocycles. The van der Waals surface area contributed by atoms with E-state index in [2.05, 4.69) is 14.4 Å². The summed E-state index contributed by atoms with van der Waals surface area (Å²) in [6.07, 6.45) is 4.60. The molecule has 0 fully saturated rings. The van der Waals surface area contributed by atoms with Crippen LogP contribution in [0.25, 0.3) is 0 Å². The van der Waals surface area contributed by atoms with Crippen LogP contribution in [0.3, 0.4) is 0 Å². The molecule has 0 bridgehead atoms. The number of hydrogen-bond donors (Lipinski definition) is 2. The van der Waals surface area contributed by atoms with Crippen molar-refractivity contribution in [2.45, 2.75) is 4.90 Å². The van der Waals surface area contributed by atoms with Crippen LogP contribution in [0.4, 0.5) is 5.69 Å². The first-order valence-corrected chi connectivity index (χ1v) is 11.7. The van der Waals surface area contributed by atoms with Crippen LogP contribution < -0.4 is 10.0 Å². The van der Waals surface area contributed by atoms with Gasteiger partial charge in [0, 0.05) is 38.0 Å². The summed E-state index contributed by atoms with van der Waals surface area (Å²) < 4.78 is 53.8. The Hall–Kier alpha value is -3.10. The van der Waals surface area contributed by atoms with Crippen LogP contribution in [0.1, 0.15) is 0 Å². The molecule has 0 unspecified atom stereocenters. The largest absolute Gasteiger partial charge is 0.351 e. The summed E-state index contributed by atoms with van der Waals surface area (Å²) in [5.74, 6) is -0.761. The average Bonchev–Trinajstić information content (AvgIpc) is 2.70. The molecule has 0 aromatic heterocycles. The molecule has 2 N–H and O–H groups in total. The van der Waals surface area contributed by atoms with E-state index in [1.54, 1.807) is 17.2 Å². The van der Waals surface area contributed by atoms with Gasteiger partial charge in [-0.15, -0.1) is 4.40 Å². The predicted octanol–water partition coefficient (Wildman–Crippen LogP) is -0.513. The van der Waals surface area contributed by atoms with Gasteiger partial charge < -0.3 is 10.2 Å². The number of nitro benzene ring substituents is 1. The van der Waals surface area contributed by atoms with Gasteiger partial charge in [-0.1, -0.05) is 6.07 Å². The number of nitrogens with zero attached hydrogens (tertiary/aromatic N) is 3.